The van der Waals surface area contributed by atoms with Gasteiger partial charge in [-0.1, -0.05) is 18.2 Å². The van der Waals surface area contributed by atoms with Crippen LogP contribution in [0, 0.1) is 5.92 Å². The number of benzene rings is 1. The first-order chi connectivity index (χ1) is 9.83. The van der Waals surface area contributed by atoms with Crippen molar-refractivity contribution in [3.8, 4) is 0 Å². The number of rotatable bonds is 2. The molecule has 5 rings (SSSR count). The van der Waals surface area contributed by atoms with Gasteiger partial charge in [0.15, 0.2) is 0 Å². The van der Waals surface area contributed by atoms with Gasteiger partial charge in [0.05, 0.1) is 5.54 Å². The average molecular weight is 271 g/mol. The molecule has 20 heavy (non-hydrogen) atoms. The van der Waals surface area contributed by atoms with Gasteiger partial charge in [0.1, 0.15) is 0 Å². The second kappa shape index (κ2) is 4.74. The normalized spacial score (nSPS) is 36.0. The molecule has 0 radical (unpaired) electrons. The third-order valence-corrected chi connectivity index (χ3v) is 5.85. The van der Waals surface area contributed by atoms with Gasteiger partial charge in [-0.15, -0.1) is 0 Å². The number of fused-ring (bicyclic) bond motifs is 4. The van der Waals surface area contributed by atoms with Crippen LogP contribution in [0.15, 0.2) is 24.3 Å². The van der Waals surface area contributed by atoms with Gasteiger partial charge in [0.25, 0.3) is 0 Å². The van der Waals surface area contributed by atoms with Crippen molar-refractivity contribution < 1.29 is 0 Å². The van der Waals surface area contributed by atoms with Gasteiger partial charge < -0.3 is 15.5 Å². The maximum Gasteiger partial charge on any atom is 0.0679 e. The predicted octanol–water partition coefficient (Wildman–Crippen LogP) is 1.86. The van der Waals surface area contributed by atoms with Crippen molar-refractivity contribution in [1.82, 2.24) is 4.90 Å². The summed E-state index contributed by atoms with van der Waals surface area (Å²) < 4.78 is 0. The van der Waals surface area contributed by atoms with Gasteiger partial charge in [-0.25, -0.2) is 0 Å². The molecule has 1 aromatic rings. The Morgan fingerprint density at radius 2 is 1.95 bits per heavy atom. The molecular formula is C17H25N3. The Kier molecular flexibility index (Phi) is 3.00. The number of piperidine rings is 3. The summed E-state index contributed by atoms with van der Waals surface area (Å²) in [7, 11) is 0. The number of anilines is 1. The zero-order valence-electron chi connectivity index (χ0n) is 12.2. The Morgan fingerprint density at radius 1 is 1.15 bits per heavy atom. The van der Waals surface area contributed by atoms with Crippen LogP contribution in [0.2, 0.25) is 0 Å². The zero-order valence-corrected chi connectivity index (χ0v) is 12.2. The van der Waals surface area contributed by atoms with E-state index in [-0.39, 0.29) is 5.54 Å². The van der Waals surface area contributed by atoms with E-state index in [0.717, 1.165) is 12.5 Å². The van der Waals surface area contributed by atoms with E-state index < -0.39 is 0 Å². The molecule has 3 fully saturated rings. The van der Waals surface area contributed by atoms with E-state index in [1.54, 1.807) is 0 Å². The Hall–Kier alpha value is -1.06. The lowest BCUT2D eigenvalue weighted by molar-refractivity contribution is 0.0273. The van der Waals surface area contributed by atoms with Crippen molar-refractivity contribution in [2.75, 3.05) is 37.6 Å². The summed E-state index contributed by atoms with van der Waals surface area (Å²) >= 11 is 0. The van der Waals surface area contributed by atoms with Crippen LogP contribution in [0.3, 0.4) is 0 Å². The lowest BCUT2D eigenvalue weighted by Gasteiger charge is -2.59. The van der Waals surface area contributed by atoms with Crippen LogP contribution < -0.4 is 10.6 Å². The first-order valence-electron chi connectivity index (χ1n) is 8.11. The van der Waals surface area contributed by atoms with Crippen LogP contribution in [0.1, 0.15) is 24.8 Å². The maximum absolute atomic E-state index is 6.34. The fraction of sp³-hybridized carbons (Fsp3) is 0.647. The number of para-hydroxylation sites is 1. The smallest absolute Gasteiger partial charge is 0.0679 e. The molecule has 2 bridgehead atoms. The van der Waals surface area contributed by atoms with E-state index in [1.165, 1.54) is 63.1 Å². The largest absolute Gasteiger partial charge is 0.363 e. The third kappa shape index (κ3) is 1.73. The summed E-state index contributed by atoms with van der Waals surface area (Å²) in [6.07, 6.45) is 5.15. The maximum atomic E-state index is 6.34. The Morgan fingerprint density at radius 3 is 2.65 bits per heavy atom. The van der Waals surface area contributed by atoms with Crippen LogP contribution in [0.4, 0.5) is 5.69 Å². The molecule has 3 nitrogen and oxygen atoms in total. The van der Waals surface area contributed by atoms with E-state index in [9.17, 15) is 0 Å². The monoisotopic (exact) mass is 271 g/mol. The van der Waals surface area contributed by atoms with Crippen molar-refractivity contribution >= 4 is 5.69 Å². The second-order valence-corrected chi connectivity index (χ2v) is 6.74. The predicted molar refractivity (Wildman–Crippen MR) is 83.1 cm³/mol. The van der Waals surface area contributed by atoms with Crippen LogP contribution in [-0.2, 0) is 6.42 Å². The fourth-order valence-electron chi connectivity index (χ4n) is 4.79. The second-order valence-electron chi connectivity index (χ2n) is 6.74. The van der Waals surface area contributed by atoms with Crippen molar-refractivity contribution in [2.45, 2.75) is 31.2 Å². The number of hydrogen-bond donors (Lipinski definition) is 1. The molecule has 3 heteroatoms. The van der Waals surface area contributed by atoms with Gasteiger partial charge in [-0.2, -0.15) is 0 Å². The van der Waals surface area contributed by atoms with Crippen molar-refractivity contribution in [1.29, 1.82) is 0 Å². The standard InChI is InChI=1S/C17H25N3/c18-12-17(13-19-10-7-15(17)8-11-19)20-9-3-5-14-4-1-2-6-16(14)20/h1-2,4,6,15H,3,5,7-13,18H2. The zero-order chi connectivity index (χ0) is 13.6. The van der Waals surface area contributed by atoms with Crippen LogP contribution in [0.25, 0.3) is 0 Å². The quantitative estimate of drug-likeness (QED) is 0.891. The molecule has 1 aromatic carbocycles. The number of aryl methyl sites for hydroxylation is 1. The van der Waals surface area contributed by atoms with Crippen molar-refractivity contribution in [3.05, 3.63) is 29.8 Å². The van der Waals surface area contributed by atoms with Crippen molar-refractivity contribution in [2.24, 2.45) is 11.7 Å². The minimum absolute atomic E-state index is 0.188. The lowest BCUT2D eigenvalue weighted by Crippen LogP contribution is -2.71. The Balaban J connectivity index is 1.76. The van der Waals surface area contributed by atoms with E-state index in [0.29, 0.717) is 0 Å². The van der Waals surface area contributed by atoms with Gasteiger partial charge in [-0.3, -0.25) is 0 Å². The van der Waals surface area contributed by atoms with Gasteiger partial charge in [0.2, 0.25) is 0 Å². The van der Waals surface area contributed by atoms with Crippen LogP contribution in [0.5, 0.6) is 0 Å². The molecule has 0 saturated carbocycles. The highest BCUT2D eigenvalue weighted by Crippen LogP contribution is 2.43. The number of hydrogen-bond acceptors (Lipinski definition) is 3. The molecule has 108 valence electrons. The highest BCUT2D eigenvalue weighted by molar-refractivity contribution is 5.58. The first-order valence-corrected chi connectivity index (χ1v) is 8.11. The molecule has 3 saturated heterocycles. The van der Waals surface area contributed by atoms with E-state index in [4.69, 9.17) is 5.73 Å². The van der Waals surface area contributed by atoms with E-state index in [1.807, 2.05) is 0 Å². The SMILES string of the molecule is NCC1(N2CCCc3ccccc32)CN2CCC1CC2. The summed E-state index contributed by atoms with van der Waals surface area (Å²) in [5.74, 6) is 0.781. The molecule has 1 unspecified atom stereocenters. The summed E-state index contributed by atoms with van der Waals surface area (Å²) in [6, 6.07) is 8.97. The molecular weight excluding hydrogens is 246 g/mol. The van der Waals surface area contributed by atoms with Crippen molar-refractivity contribution in [3.63, 3.8) is 0 Å². The van der Waals surface area contributed by atoms with Crippen LogP contribution in [-0.4, -0.2) is 43.2 Å². The summed E-state index contributed by atoms with van der Waals surface area (Å²) in [5.41, 5.74) is 9.51. The molecule has 2 N–H and O–H groups in total. The lowest BCUT2D eigenvalue weighted by atomic mass is 9.70. The number of nitrogens with zero attached hydrogens (tertiary/aromatic N) is 2. The summed E-state index contributed by atoms with van der Waals surface area (Å²) in [5, 5.41) is 0. The van der Waals surface area contributed by atoms with Gasteiger partial charge >= 0.3 is 0 Å². The fourth-order valence-corrected chi connectivity index (χ4v) is 4.79. The highest BCUT2D eigenvalue weighted by Gasteiger charge is 2.50. The summed E-state index contributed by atoms with van der Waals surface area (Å²) in [4.78, 5) is 5.31. The third-order valence-electron chi connectivity index (χ3n) is 5.85. The minimum Gasteiger partial charge on any atom is -0.363 e. The van der Waals surface area contributed by atoms with Gasteiger partial charge in [0, 0.05) is 25.3 Å². The summed E-state index contributed by atoms with van der Waals surface area (Å²) in [6.45, 7) is 5.70. The topological polar surface area (TPSA) is 32.5 Å². The molecule has 0 aliphatic carbocycles. The average Bonchev–Trinajstić information content (AvgIpc) is 2.55. The molecule has 4 aliphatic heterocycles. The molecule has 4 heterocycles. The number of nitrogens with two attached hydrogens (primary N) is 1. The van der Waals surface area contributed by atoms with Crippen LogP contribution >= 0.6 is 0 Å². The van der Waals surface area contributed by atoms with E-state index in [2.05, 4.69) is 34.1 Å². The molecule has 0 amide bonds. The Bertz CT molecular complexity index is 493. The van der Waals surface area contributed by atoms with E-state index >= 15 is 0 Å². The highest BCUT2D eigenvalue weighted by atomic mass is 15.3. The molecule has 4 aliphatic rings. The molecule has 0 spiro atoms. The molecule has 1 atom stereocenters. The van der Waals surface area contributed by atoms with Gasteiger partial charge in [-0.05, 0) is 56.3 Å². The first kappa shape index (κ1) is 12.7. The minimum atomic E-state index is 0.188. The molecule has 0 aromatic heterocycles. The Labute approximate surface area is 121 Å².